The average molecular weight is 366 g/mol. The van der Waals surface area contributed by atoms with Crippen molar-refractivity contribution in [2.45, 2.75) is 45.1 Å². The first-order chi connectivity index (χ1) is 12.6. The van der Waals surface area contributed by atoms with Crippen LogP contribution in [-0.2, 0) is 24.1 Å². The lowest BCUT2D eigenvalue weighted by Gasteiger charge is -2.18. The van der Waals surface area contributed by atoms with E-state index in [1.165, 1.54) is 16.9 Å². The molecule has 134 valence electrons. The van der Waals surface area contributed by atoms with E-state index in [4.69, 9.17) is 9.97 Å². The Labute approximate surface area is 156 Å². The second-order valence-corrected chi connectivity index (χ2v) is 7.81. The van der Waals surface area contributed by atoms with Crippen molar-refractivity contribution in [1.82, 2.24) is 9.97 Å². The number of fused-ring (bicyclic) bond motifs is 3. The molecule has 6 heteroatoms. The molecule has 0 fully saturated rings. The summed E-state index contributed by atoms with van der Waals surface area (Å²) in [7, 11) is 0. The lowest BCUT2D eigenvalue weighted by molar-refractivity contribution is -0.306. The van der Waals surface area contributed by atoms with E-state index in [1.54, 1.807) is 18.3 Å². The minimum atomic E-state index is -1.13. The van der Waals surface area contributed by atoms with Crippen LogP contribution in [0.5, 0.6) is 0 Å². The molecular formula is C20H20N3O2S-. The van der Waals surface area contributed by atoms with E-state index in [0.29, 0.717) is 18.1 Å². The van der Waals surface area contributed by atoms with E-state index < -0.39 is 12.0 Å². The number of aryl methyl sites for hydroxylation is 2. The van der Waals surface area contributed by atoms with Gasteiger partial charge in [-0.05, 0) is 43.7 Å². The molecule has 2 aromatic heterocycles. The largest absolute Gasteiger partial charge is 0.548 e. The third kappa shape index (κ3) is 3.29. The molecule has 0 radical (unpaired) electrons. The zero-order chi connectivity index (χ0) is 18.1. The van der Waals surface area contributed by atoms with E-state index >= 15 is 0 Å². The summed E-state index contributed by atoms with van der Waals surface area (Å²) >= 11 is 1.72. The molecule has 3 aromatic rings. The average Bonchev–Trinajstić information content (AvgIpc) is 3.01. The number of hydrogen-bond donors (Lipinski definition) is 1. The van der Waals surface area contributed by atoms with E-state index in [9.17, 15) is 9.90 Å². The maximum atomic E-state index is 11.2. The van der Waals surface area contributed by atoms with Crippen molar-refractivity contribution in [3.8, 4) is 0 Å². The fraction of sp³-hybridized carbons (Fsp3) is 0.350. The number of carbonyl (C=O) groups is 1. The summed E-state index contributed by atoms with van der Waals surface area (Å²) in [4.78, 5) is 23.0. The molecular weight excluding hydrogens is 346 g/mol. The van der Waals surface area contributed by atoms with Crippen molar-refractivity contribution < 1.29 is 9.90 Å². The highest BCUT2D eigenvalue weighted by Crippen LogP contribution is 2.38. The summed E-state index contributed by atoms with van der Waals surface area (Å²) in [5.41, 5.74) is 2.42. The molecule has 26 heavy (non-hydrogen) atoms. The van der Waals surface area contributed by atoms with Crippen LogP contribution in [0.3, 0.4) is 0 Å². The maximum Gasteiger partial charge on any atom is 0.139 e. The molecule has 1 aliphatic rings. The molecule has 5 nitrogen and oxygen atoms in total. The smallest absolute Gasteiger partial charge is 0.139 e. The van der Waals surface area contributed by atoms with Gasteiger partial charge in [-0.1, -0.05) is 30.3 Å². The predicted molar refractivity (Wildman–Crippen MR) is 101 cm³/mol. The van der Waals surface area contributed by atoms with Gasteiger partial charge in [0.25, 0.3) is 0 Å². The van der Waals surface area contributed by atoms with Gasteiger partial charge in [0.2, 0.25) is 0 Å². The molecule has 4 rings (SSSR count). The molecule has 0 aliphatic heterocycles. The molecule has 0 saturated heterocycles. The molecule has 0 saturated carbocycles. The van der Waals surface area contributed by atoms with Crippen molar-refractivity contribution in [3.05, 3.63) is 52.2 Å². The van der Waals surface area contributed by atoms with Crippen LogP contribution in [0, 0.1) is 0 Å². The number of aromatic nitrogens is 2. The third-order valence-electron chi connectivity index (χ3n) is 4.77. The van der Waals surface area contributed by atoms with Gasteiger partial charge in [-0.2, -0.15) is 0 Å². The summed E-state index contributed by atoms with van der Waals surface area (Å²) in [5.74, 6) is 0.192. The van der Waals surface area contributed by atoms with Crippen LogP contribution in [0.25, 0.3) is 10.2 Å². The van der Waals surface area contributed by atoms with Gasteiger partial charge in [-0.3, -0.25) is 0 Å². The summed E-state index contributed by atoms with van der Waals surface area (Å²) < 4.78 is 0. The predicted octanol–water partition coefficient (Wildman–Crippen LogP) is 2.71. The van der Waals surface area contributed by atoms with Crippen LogP contribution in [0.2, 0.25) is 0 Å². The zero-order valence-electron chi connectivity index (χ0n) is 14.6. The van der Waals surface area contributed by atoms with Crippen LogP contribution in [0.1, 0.15) is 41.6 Å². The van der Waals surface area contributed by atoms with Gasteiger partial charge in [0.1, 0.15) is 16.5 Å². The monoisotopic (exact) mass is 366 g/mol. The van der Waals surface area contributed by atoms with E-state index in [-0.39, 0.29) is 0 Å². The van der Waals surface area contributed by atoms with Crippen molar-refractivity contribution in [1.29, 1.82) is 0 Å². The molecule has 0 bridgehead atoms. The van der Waals surface area contributed by atoms with Crippen molar-refractivity contribution in [2.75, 3.05) is 5.32 Å². The first-order valence-corrected chi connectivity index (χ1v) is 9.76. The lowest BCUT2D eigenvalue weighted by atomic mass is 9.97. The van der Waals surface area contributed by atoms with Gasteiger partial charge in [0.15, 0.2) is 0 Å². The van der Waals surface area contributed by atoms with Crippen LogP contribution in [0.4, 0.5) is 5.82 Å². The number of benzene rings is 1. The number of rotatable bonds is 5. The standard InChI is InChI=1S/C20H21N3O2S/c1-12(20(24)25)21-18-17-14-9-5-6-10-15(14)26-19(17)23-16(22-18)11-13-7-3-2-4-8-13/h2-4,7-8,12H,5-6,9-11H2,1H3,(H,24,25)(H,21,22,23)/p-1/t12-/m1/s1. The van der Waals surface area contributed by atoms with Gasteiger partial charge in [-0.25, -0.2) is 9.97 Å². The molecule has 0 unspecified atom stereocenters. The molecule has 1 aliphatic carbocycles. The zero-order valence-corrected chi connectivity index (χ0v) is 15.4. The van der Waals surface area contributed by atoms with E-state index in [0.717, 1.165) is 35.0 Å². The number of thiophene rings is 1. The SMILES string of the molecule is C[C@@H](Nc1nc(Cc2ccccc2)nc2sc3c(c12)CCCC3)C(=O)[O-]. The molecule has 2 heterocycles. The van der Waals surface area contributed by atoms with Gasteiger partial charge in [0.05, 0.1) is 17.4 Å². The summed E-state index contributed by atoms with van der Waals surface area (Å²) in [6.07, 6.45) is 5.04. The minimum Gasteiger partial charge on any atom is -0.548 e. The van der Waals surface area contributed by atoms with Crippen LogP contribution in [0.15, 0.2) is 30.3 Å². The Hall–Kier alpha value is -2.47. The lowest BCUT2D eigenvalue weighted by Crippen LogP contribution is -2.38. The molecule has 1 aromatic carbocycles. The maximum absolute atomic E-state index is 11.2. The second-order valence-electron chi connectivity index (χ2n) is 6.73. The second kappa shape index (κ2) is 7.03. The van der Waals surface area contributed by atoms with Crippen molar-refractivity contribution >= 4 is 33.3 Å². The van der Waals surface area contributed by atoms with Crippen LogP contribution >= 0.6 is 11.3 Å². The Balaban J connectivity index is 1.80. The summed E-state index contributed by atoms with van der Waals surface area (Å²) in [6, 6.07) is 9.25. The number of carboxylic acid groups (broad SMARTS) is 1. The van der Waals surface area contributed by atoms with Crippen LogP contribution < -0.4 is 10.4 Å². The normalized spacial score (nSPS) is 14.8. The highest BCUT2D eigenvalue weighted by molar-refractivity contribution is 7.19. The van der Waals surface area contributed by atoms with Crippen LogP contribution in [-0.4, -0.2) is 22.0 Å². The minimum absolute atomic E-state index is 0.619. The Morgan fingerprint density at radius 2 is 2.00 bits per heavy atom. The Morgan fingerprint density at radius 1 is 1.23 bits per heavy atom. The number of nitrogens with zero attached hydrogens (tertiary/aromatic N) is 2. The number of carboxylic acids is 1. The first-order valence-electron chi connectivity index (χ1n) is 8.94. The molecule has 0 amide bonds. The summed E-state index contributed by atoms with van der Waals surface area (Å²) in [6.45, 7) is 1.58. The highest BCUT2D eigenvalue weighted by atomic mass is 32.1. The topological polar surface area (TPSA) is 77.9 Å². The highest BCUT2D eigenvalue weighted by Gasteiger charge is 2.22. The molecule has 1 atom stereocenters. The summed E-state index contributed by atoms with van der Waals surface area (Å²) in [5, 5.41) is 15.3. The fourth-order valence-corrected chi connectivity index (χ4v) is 4.71. The molecule has 1 N–H and O–H groups in total. The van der Waals surface area contributed by atoms with Gasteiger partial charge in [0, 0.05) is 11.3 Å². The fourth-order valence-electron chi connectivity index (χ4n) is 3.43. The van der Waals surface area contributed by atoms with E-state index in [1.807, 2.05) is 30.3 Å². The number of hydrogen-bond acceptors (Lipinski definition) is 6. The Kier molecular flexibility index (Phi) is 4.59. The van der Waals surface area contributed by atoms with Gasteiger partial charge in [-0.15, -0.1) is 11.3 Å². The number of carbonyl (C=O) groups excluding carboxylic acids is 1. The van der Waals surface area contributed by atoms with E-state index in [2.05, 4.69) is 5.32 Å². The Bertz CT molecular complexity index is 953. The molecule has 0 spiro atoms. The number of aliphatic carboxylic acids is 1. The quantitative estimate of drug-likeness (QED) is 0.751. The van der Waals surface area contributed by atoms with Gasteiger partial charge >= 0.3 is 0 Å². The number of anilines is 1. The van der Waals surface area contributed by atoms with Crippen molar-refractivity contribution in [3.63, 3.8) is 0 Å². The number of nitrogens with one attached hydrogen (secondary N) is 1. The third-order valence-corrected chi connectivity index (χ3v) is 5.96. The van der Waals surface area contributed by atoms with Gasteiger partial charge < -0.3 is 15.2 Å². The first kappa shape index (κ1) is 17.0. The van der Waals surface area contributed by atoms with Crippen molar-refractivity contribution in [2.24, 2.45) is 0 Å². The Morgan fingerprint density at radius 3 is 2.77 bits per heavy atom.